The Morgan fingerprint density at radius 3 is 2.33 bits per heavy atom. The van der Waals surface area contributed by atoms with Gasteiger partial charge in [-0.25, -0.2) is 0 Å². The first-order valence-corrected chi connectivity index (χ1v) is 11.2. The van der Waals surface area contributed by atoms with Crippen LogP contribution in [0.3, 0.4) is 0 Å². The highest BCUT2D eigenvalue weighted by molar-refractivity contribution is 6.46. The molecule has 2 aromatic rings. The molecule has 1 saturated heterocycles. The lowest BCUT2D eigenvalue weighted by atomic mass is 9.94. The van der Waals surface area contributed by atoms with E-state index in [1.807, 2.05) is 13.8 Å². The number of ketones is 1. The molecule has 3 rings (SSSR count). The van der Waals surface area contributed by atoms with Gasteiger partial charge in [0.2, 0.25) is 0 Å². The smallest absolute Gasteiger partial charge is 0.295 e. The maximum Gasteiger partial charge on any atom is 0.295 e. The van der Waals surface area contributed by atoms with Crippen LogP contribution in [0.2, 0.25) is 0 Å². The van der Waals surface area contributed by atoms with Crippen LogP contribution in [0, 0.1) is 0 Å². The van der Waals surface area contributed by atoms with E-state index in [0.29, 0.717) is 41.5 Å². The van der Waals surface area contributed by atoms with Gasteiger partial charge in [-0.1, -0.05) is 32.4 Å². The van der Waals surface area contributed by atoms with E-state index in [1.165, 1.54) is 19.1 Å². The summed E-state index contributed by atoms with van der Waals surface area (Å²) >= 11 is 0. The summed E-state index contributed by atoms with van der Waals surface area (Å²) in [6.07, 6.45) is 2.45. The third-order valence-corrected chi connectivity index (χ3v) is 5.62. The first kappa shape index (κ1) is 24.2. The summed E-state index contributed by atoms with van der Waals surface area (Å²) in [6.45, 7) is 5.00. The first-order valence-electron chi connectivity index (χ1n) is 11.2. The van der Waals surface area contributed by atoms with Crippen LogP contribution in [-0.4, -0.2) is 49.1 Å². The number of ether oxygens (including phenoxy) is 3. The summed E-state index contributed by atoms with van der Waals surface area (Å²) in [6, 6.07) is 11.3. The van der Waals surface area contributed by atoms with Gasteiger partial charge in [-0.3, -0.25) is 9.59 Å². The summed E-state index contributed by atoms with van der Waals surface area (Å²) in [4.78, 5) is 27.6. The molecule has 0 aliphatic carbocycles. The number of hydrogen-bond donors (Lipinski definition) is 1. The molecule has 1 amide bonds. The molecule has 1 N–H and O–H groups in total. The van der Waals surface area contributed by atoms with Crippen LogP contribution in [-0.2, 0) is 9.59 Å². The Bertz CT molecular complexity index is 1030. The second kappa shape index (κ2) is 10.9. The first-order chi connectivity index (χ1) is 16.0. The van der Waals surface area contributed by atoms with Crippen molar-refractivity contribution in [1.82, 2.24) is 4.90 Å². The van der Waals surface area contributed by atoms with Gasteiger partial charge in [0.25, 0.3) is 11.7 Å². The van der Waals surface area contributed by atoms with E-state index in [1.54, 1.807) is 42.5 Å². The Morgan fingerprint density at radius 2 is 1.73 bits per heavy atom. The number of Topliss-reactive ketones (excluding diaryl/α,β-unsaturated/α-hetero) is 1. The molecular weight excluding hydrogens is 422 g/mol. The molecule has 0 saturated carbocycles. The highest BCUT2D eigenvalue weighted by Crippen LogP contribution is 2.45. The fourth-order valence-electron chi connectivity index (χ4n) is 3.97. The van der Waals surface area contributed by atoms with Crippen molar-refractivity contribution >= 4 is 17.4 Å². The van der Waals surface area contributed by atoms with Crippen LogP contribution in [0.5, 0.6) is 17.2 Å². The van der Waals surface area contributed by atoms with Gasteiger partial charge in [-0.2, -0.15) is 0 Å². The maximum atomic E-state index is 13.1. The van der Waals surface area contributed by atoms with E-state index >= 15 is 0 Å². The third kappa shape index (κ3) is 4.82. The number of hydrogen-bond acceptors (Lipinski definition) is 6. The number of para-hydroxylation sites is 1. The molecule has 1 aliphatic rings. The van der Waals surface area contributed by atoms with Crippen molar-refractivity contribution < 1.29 is 28.9 Å². The van der Waals surface area contributed by atoms with Gasteiger partial charge >= 0.3 is 0 Å². The molecule has 1 unspecified atom stereocenters. The van der Waals surface area contributed by atoms with Crippen LogP contribution in [0.4, 0.5) is 0 Å². The molecular formula is C26H31NO6. The zero-order valence-corrected chi connectivity index (χ0v) is 19.6. The van der Waals surface area contributed by atoms with Crippen molar-refractivity contribution in [3.8, 4) is 17.2 Å². The monoisotopic (exact) mass is 453 g/mol. The Labute approximate surface area is 194 Å². The normalized spacial score (nSPS) is 17.3. The summed E-state index contributed by atoms with van der Waals surface area (Å²) < 4.78 is 16.6. The zero-order chi connectivity index (χ0) is 24.0. The highest BCUT2D eigenvalue weighted by atomic mass is 16.5. The minimum atomic E-state index is -0.794. The minimum absolute atomic E-state index is 0.0323. The van der Waals surface area contributed by atoms with E-state index in [2.05, 4.69) is 0 Å². The molecule has 1 aliphatic heterocycles. The second-order valence-electron chi connectivity index (χ2n) is 7.80. The van der Waals surface area contributed by atoms with Crippen LogP contribution < -0.4 is 14.2 Å². The zero-order valence-electron chi connectivity index (χ0n) is 19.6. The number of rotatable bonds is 10. The molecule has 33 heavy (non-hydrogen) atoms. The number of aliphatic hydroxyl groups is 1. The number of benzene rings is 2. The molecule has 0 aromatic heterocycles. The van der Waals surface area contributed by atoms with Crippen LogP contribution >= 0.6 is 0 Å². The number of carbonyl (C=O) groups is 2. The van der Waals surface area contributed by atoms with Crippen molar-refractivity contribution in [3.05, 3.63) is 59.2 Å². The van der Waals surface area contributed by atoms with Gasteiger partial charge in [-0.05, 0) is 43.2 Å². The van der Waals surface area contributed by atoms with Crippen molar-refractivity contribution in [2.75, 3.05) is 27.4 Å². The third-order valence-electron chi connectivity index (χ3n) is 5.62. The Balaban J connectivity index is 2.15. The lowest BCUT2D eigenvalue weighted by Gasteiger charge is -2.27. The molecule has 0 bridgehead atoms. The number of amides is 1. The fraction of sp³-hybridized carbons (Fsp3) is 0.385. The van der Waals surface area contributed by atoms with Crippen molar-refractivity contribution in [3.63, 3.8) is 0 Å². The lowest BCUT2D eigenvalue weighted by molar-refractivity contribution is -0.139. The Kier molecular flexibility index (Phi) is 7.98. The summed E-state index contributed by atoms with van der Waals surface area (Å²) in [5, 5.41) is 11.2. The van der Waals surface area contributed by atoms with Crippen LogP contribution in [0.15, 0.2) is 48.0 Å². The van der Waals surface area contributed by atoms with E-state index in [-0.39, 0.29) is 11.3 Å². The quantitative estimate of drug-likeness (QED) is 0.318. The van der Waals surface area contributed by atoms with E-state index in [0.717, 1.165) is 19.3 Å². The largest absolute Gasteiger partial charge is 0.507 e. The van der Waals surface area contributed by atoms with Gasteiger partial charge in [0.05, 0.1) is 32.4 Å². The lowest BCUT2D eigenvalue weighted by Crippen LogP contribution is -2.30. The van der Waals surface area contributed by atoms with Crippen LogP contribution in [0.25, 0.3) is 5.76 Å². The molecule has 7 heteroatoms. The fourth-order valence-corrected chi connectivity index (χ4v) is 3.97. The van der Waals surface area contributed by atoms with Crippen molar-refractivity contribution in [2.45, 2.75) is 39.2 Å². The summed E-state index contributed by atoms with van der Waals surface area (Å²) in [5.74, 6) is -0.0178. The number of unbranched alkanes of at least 4 members (excludes halogenated alkanes) is 1. The van der Waals surface area contributed by atoms with Gasteiger partial charge < -0.3 is 24.2 Å². The number of aliphatic hydroxyl groups excluding tert-OH is 1. The molecule has 0 radical (unpaired) electrons. The van der Waals surface area contributed by atoms with Gasteiger partial charge in [-0.15, -0.1) is 0 Å². The van der Waals surface area contributed by atoms with Gasteiger partial charge in [0, 0.05) is 17.7 Å². The second-order valence-corrected chi connectivity index (χ2v) is 7.80. The molecule has 1 fully saturated rings. The number of likely N-dealkylation sites (tertiary alicyclic amines) is 1. The molecule has 2 aromatic carbocycles. The highest BCUT2D eigenvalue weighted by Gasteiger charge is 2.47. The maximum absolute atomic E-state index is 13.1. The topological polar surface area (TPSA) is 85.3 Å². The van der Waals surface area contributed by atoms with Crippen molar-refractivity contribution in [1.29, 1.82) is 0 Å². The Morgan fingerprint density at radius 1 is 1.00 bits per heavy atom. The van der Waals surface area contributed by atoms with E-state index < -0.39 is 17.7 Å². The van der Waals surface area contributed by atoms with Gasteiger partial charge in [0.15, 0.2) is 11.5 Å². The SMILES string of the molecule is CCCCN1C(=O)C(=O)/C(=C(/O)c2ccc(OCCC)cc2)C1c1cccc(OC)c1OC. The molecule has 7 nitrogen and oxygen atoms in total. The number of methoxy groups -OCH3 is 2. The average Bonchev–Trinajstić information content (AvgIpc) is 3.10. The Hall–Kier alpha value is -3.48. The standard InChI is InChI=1S/C26H31NO6/c1-5-7-15-27-22(19-9-8-10-20(31-3)25(19)32-4)21(24(29)26(27)30)23(28)17-11-13-18(14-12-17)33-16-6-2/h8-14,22,28H,5-7,15-16H2,1-4H3/b23-21+. The van der Waals surface area contributed by atoms with Crippen molar-refractivity contribution in [2.24, 2.45) is 0 Å². The summed E-state index contributed by atoms with van der Waals surface area (Å²) in [7, 11) is 3.03. The average molecular weight is 454 g/mol. The number of carbonyl (C=O) groups excluding carboxylic acids is 2. The molecule has 0 spiro atoms. The minimum Gasteiger partial charge on any atom is -0.507 e. The molecule has 1 atom stereocenters. The van der Waals surface area contributed by atoms with E-state index in [9.17, 15) is 14.7 Å². The van der Waals surface area contributed by atoms with Crippen LogP contribution in [0.1, 0.15) is 50.3 Å². The van der Waals surface area contributed by atoms with E-state index in [4.69, 9.17) is 14.2 Å². The predicted octanol–water partition coefficient (Wildman–Crippen LogP) is 4.71. The predicted molar refractivity (Wildman–Crippen MR) is 126 cm³/mol. The molecule has 176 valence electrons. The van der Waals surface area contributed by atoms with Gasteiger partial charge in [0.1, 0.15) is 11.5 Å². The number of nitrogens with zero attached hydrogens (tertiary/aromatic N) is 1. The summed E-state index contributed by atoms with van der Waals surface area (Å²) in [5.41, 5.74) is 1.04. The molecule has 1 heterocycles.